The van der Waals surface area contributed by atoms with E-state index in [2.05, 4.69) is 0 Å². The molecule has 1 fully saturated rings. The summed E-state index contributed by atoms with van der Waals surface area (Å²) in [6, 6.07) is -0.548. The number of nitrogens with zero attached hydrogens (tertiary/aromatic N) is 2. The molecule has 0 atom stereocenters. The topological polar surface area (TPSA) is 60.9 Å². The number of halogens is 2. The van der Waals surface area contributed by atoms with E-state index in [-0.39, 0.29) is 13.1 Å². The number of carboxylic acid groups (broad SMARTS) is 1. The van der Waals surface area contributed by atoms with E-state index in [1.807, 2.05) is 0 Å². The van der Waals surface area contributed by atoms with Crippen LogP contribution in [0.5, 0.6) is 0 Å². The third-order valence-corrected chi connectivity index (χ3v) is 2.24. The summed E-state index contributed by atoms with van der Waals surface area (Å²) in [5.41, 5.74) is 0. The lowest BCUT2D eigenvalue weighted by Gasteiger charge is -2.38. The van der Waals surface area contributed by atoms with Crippen LogP contribution < -0.4 is 0 Å². The molecule has 0 unspecified atom stereocenters. The zero-order chi connectivity index (χ0) is 11.6. The van der Waals surface area contributed by atoms with Crippen molar-refractivity contribution in [1.29, 1.82) is 0 Å². The number of aliphatic carboxylic acids is 1. The van der Waals surface area contributed by atoms with E-state index in [0.717, 1.165) is 4.90 Å². The van der Waals surface area contributed by atoms with Crippen LogP contribution in [-0.4, -0.2) is 60.0 Å². The summed E-state index contributed by atoms with van der Waals surface area (Å²) < 4.78 is 23.9. The SMILES string of the molecule is CN(CC(F)F)C(=O)N1CC(C(=O)O)C1. The number of carboxylic acids is 1. The smallest absolute Gasteiger partial charge is 0.319 e. The number of carbonyl (C=O) groups excluding carboxylic acids is 1. The van der Waals surface area contributed by atoms with Crippen molar-refractivity contribution < 1.29 is 23.5 Å². The first-order valence-electron chi connectivity index (χ1n) is 4.42. The Morgan fingerprint density at radius 2 is 2.07 bits per heavy atom. The highest BCUT2D eigenvalue weighted by molar-refractivity contribution is 5.79. The summed E-state index contributed by atoms with van der Waals surface area (Å²) in [7, 11) is 1.27. The average Bonchev–Trinajstić information content (AvgIpc) is 1.98. The molecule has 86 valence electrons. The van der Waals surface area contributed by atoms with Gasteiger partial charge in [-0.2, -0.15) is 0 Å². The van der Waals surface area contributed by atoms with E-state index < -0.39 is 30.9 Å². The Morgan fingerprint density at radius 1 is 1.53 bits per heavy atom. The van der Waals surface area contributed by atoms with Gasteiger partial charge in [-0.05, 0) is 0 Å². The summed E-state index contributed by atoms with van der Waals surface area (Å²) in [6.07, 6.45) is -2.57. The predicted molar refractivity (Wildman–Crippen MR) is 46.7 cm³/mol. The van der Waals surface area contributed by atoms with Crippen molar-refractivity contribution in [2.75, 3.05) is 26.7 Å². The third-order valence-electron chi connectivity index (χ3n) is 2.24. The Bertz CT molecular complexity index is 267. The van der Waals surface area contributed by atoms with Crippen molar-refractivity contribution in [3.63, 3.8) is 0 Å². The molecule has 1 N–H and O–H groups in total. The summed E-state index contributed by atoms with van der Waals surface area (Å²) in [4.78, 5) is 23.9. The molecule has 0 aromatic rings. The highest BCUT2D eigenvalue weighted by Crippen LogP contribution is 2.17. The maximum absolute atomic E-state index is 11.9. The van der Waals surface area contributed by atoms with Crippen molar-refractivity contribution in [3.05, 3.63) is 0 Å². The van der Waals surface area contributed by atoms with Gasteiger partial charge in [-0.1, -0.05) is 0 Å². The molecule has 1 rings (SSSR count). The van der Waals surface area contributed by atoms with Crippen LogP contribution in [0.15, 0.2) is 0 Å². The molecule has 0 spiro atoms. The zero-order valence-electron chi connectivity index (χ0n) is 8.19. The molecule has 0 aromatic carbocycles. The van der Waals surface area contributed by atoms with Crippen LogP contribution in [0.4, 0.5) is 13.6 Å². The van der Waals surface area contributed by atoms with Gasteiger partial charge in [0.15, 0.2) is 0 Å². The van der Waals surface area contributed by atoms with Gasteiger partial charge in [-0.3, -0.25) is 4.79 Å². The second-order valence-electron chi connectivity index (χ2n) is 3.49. The van der Waals surface area contributed by atoms with E-state index >= 15 is 0 Å². The van der Waals surface area contributed by atoms with Gasteiger partial charge in [0.1, 0.15) is 0 Å². The molecule has 0 saturated carbocycles. The van der Waals surface area contributed by atoms with Gasteiger partial charge in [-0.15, -0.1) is 0 Å². The Kier molecular flexibility index (Phi) is 3.43. The van der Waals surface area contributed by atoms with Crippen LogP contribution >= 0.6 is 0 Å². The van der Waals surface area contributed by atoms with Crippen LogP contribution in [0, 0.1) is 5.92 Å². The number of carbonyl (C=O) groups is 2. The minimum Gasteiger partial charge on any atom is -0.481 e. The van der Waals surface area contributed by atoms with Crippen molar-refractivity contribution >= 4 is 12.0 Å². The van der Waals surface area contributed by atoms with Crippen molar-refractivity contribution in [1.82, 2.24) is 9.80 Å². The van der Waals surface area contributed by atoms with Crippen molar-refractivity contribution in [2.45, 2.75) is 6.43 Å². The lowest BCUT2D eigenvalue weighted by atomic mass is 10.0. The van der Waals surface area contributed by atoms with Gasteiger partial charge in [0.25, 0.3) is 6.43 Å². The minimum absolute atomic E-state index is 0.0990. The van der Waals surface area contributed by atoms with Gasteiger partial charge in [0, 0.05) is 20.1 Å². The fourth-order valence-electron chi connectivity index (χ4n) is 1.32. The molecule has 15 heavy (non-hydrogen) atoms. The van der Waals surface area contributed by atoms with E-state index in [4.69, 9.17) is 5.11 Å². The zero-order valence-corrected chi connectivity index (χ0v) is 8.19. The van der Waals surface area contributed by atoms with E-state index in [0.29, 0.717) is 0 Å². The van der Waals surface area contributed by atoms with Crippen LogP contribution in [-0.2, 0) is 4.79 Å². The van der Waals surface area contributed by atoms with Gasteiger partial charge in [-0.25, -0.2) is 13.6 Å². The van der Waals surface area contributed by atoms with Crippen molar-refractivity contribution in [2.24, 2.45) is 5.92 Å². The highest BCUT2D eigenvalue weighted by atomic mass is 19.3. The molecule has 5 nitrogen and oxygen atoms in total. The van der Waals surface area contributed by atoms with Crippen LogP contribution in [0.3, 0.4) is 0 Å². The van der Waals surface area contributed by atoms with Gasteiger partial charge in [0.05, 0.1) is 12.5 Å². The molecule has 1 heterocycles. The molecule has 0 bridgehead atoms. The molecule has 0 radical (unpaired) electrons. The Hall–Kier alpha value is -1.40. The lowest BCUT2D eigenvalue weighted by Crippen LogP contribution is -2.56. The number of hydrogen-bond acceptors (Lipinski definition) is 2. The number of likely N-dealkylation sites (tertiary alicyclic amines) is 1. The average molecular weight is 222 g/mol. The van der Waals surface area contributed by atoms with E-state index in [9.17, 15) is 18.4 Å². The Labute approximate surface area is 85.3 Å². The summed E-state index contributed by atoms with van der Waals surface area (Å²) in [6.45, 7) is -0.434. The second-order valence-corrected chi connectivity index (χ2v) is 3.49. The van der Waals surface area contributed by atoms with Gasteiger partial charge in [0.2, 0.25) is 0 Å². The minimum atomic E-state index is -2.57. The quantitative estimate of drug-likeness (QED) is 0.748. The molecule has 0 aromatic heterocycles. The number of rotatable bonds is 3. The monoisotopic (exact) mass is 222 g/mol. The molecule has 7 heteroatoms. The molecule has 1 aliphatic heterocycles. The fraction of sp³-hybridized carbons (Fsp3) is 0.750. The van der Waals surface area contributed by atoms with E-state index in [1.54, 1.807) is 0 Å². The highest BCUT2D eigenvalue weighted by Gasteiger charge is 2.37. The first kappa shape index (κ1) is 11.7. The number of hydrogen-bond donors (Lipinski definition) is 1. The standard InChI is InChI=1S/C8H12F2N2O3/c1-11(4-6(9)10)8(15)12-2-5(3-12)7(13)14/h5-6H,2-4H2,1H3,(H,13,14). The lowest BCUT2D eigenvalue weighted by molar-refractivity contribution is -0.146. The number of amides is 2. The first-order valence-corrected chi connectivity index (χ1v) is 4.42. The summed E-state index contributed by atoms with van der Waals surface area (Å²) >= 11 is 0. The second kappa shape index (κ2) is 4.41. The number of urea groups is 1. The molecule has 2 amide bonds. The summed E-state index contributed by atoms with van der Waals surface area (Å²) in [5, 5.41) is 8.55. The first-order chi connectivity index (χ1) is 6.91. The normalized spacial score (nSPS) is 16.4. The molecule has 0 aliphatic carbocycles. The number of alkyl halides is 2. The van der Waals surface area contributed by atoms with E-state index in [1.165, 1.54) is 11.9 Å². The van der Waals surface area contributed by atoms with Crippen LogP contribution in [0.25, 0.3) is 0 Å². The molecule has 1 aliphatic rings. The maximum Gasteiger partial charge on any atom is 0.319 e. The summed E-state index contributed by atoms with van der Waals surface area (Å²) in [5.74, 6) is -1.52. The van der Waals surface area contributed by atoms with Crippen molar-refractivity contribution in [3.8, 4) is 0 Å². The molecular formula is C8H12F2N2O3. The predicted octanol–water partition coefficient (Wildman–Crippen LogP) is 0.320. The largest absolute Gasteiger partial charge is 0.481 e. The Balaban J connectivity index is 2.34. The van der Waals surface area contributed by atoms with Crippen LogP contribution in [0.2, 0.25) is 0 Å². The molecule has 1 saturated heterocycles. The van der Waals surface area contributed by atoms with Gasteiger partial charge < -0.3 is 14.9 Å². The third kappa shape index (κ3) is 2.77. The van der Waals surface area contributed by atoms with Gasteiger partial charge >= 0.3 is 12.0 Å². The fourth-order valence-corrected chi connectivity index (χ4v) is 1.32. The Morgan fingerprint density at radius 3 is 2.47 bits per heavy atom. The van der Waals surface area contributed by atoms with Crippen LogP contribution in [0.1, 0.15) is 0 Å². The molecular weight excluding hydrogens is 210 g/mol. The maximum atomic E-state index is 11.9.